The van der Waals surface area contributed by atoms with Crippen molar-refractivity contribution in [1.82, 2.24) is 24.6 Å². The maximum absolute atomic E-state index is 12.9. The Balaban J connectivity index is 1.37. The van der Waals surface area contributed by atoms with E-state index in [1.54, 1.807) is 4.68 Å². The molecule has 2 N–H and O–H groups in total. The quantitative estimate of drug-likeness (QED) is 0.523. The van der Waals surface area contributed by atoms with Crippen LogP contribution in [0.3, 0.4) is 0 Å². The Hall–Kier alpha value is -3.94. The summed E-state index contributed by atoms with van der Waals surface area (Å²) in [5.41, 5.74) is 3.24. The van der Waals surface area contributed by atoms with Gasteiger partial charge in [0.2, 0.25) is 11.9 Å². The summed E-state index contributed by atoms with van der Waals surface area (Å²) in [4.78, 5) is 34.6. The Kier molecular flexibility index (Phi) is 4.74. The van der Waals surface area contributed by atoms with Crippen molar-refractivity contribution in [1.29, 1.82) is 0 Å². The Labute approximate surface area is 178 Å². The third kappa shape index (κ3) is 3.68. The number of aromatic nitrogens is 4. The second kappa shape index (κ2) is 7.71. The molecule has 1 unspecified atom stereocenters. The number of benzene rings is 2. The summed E-state index contributed by atoms with van der Waals surface area (Å²) >= 11 is 0. The van der Waals surface area contributed by atoms with Gasteiger partial charge in [-0.25, -0.2) is 4.68 Å². The second-order valence-electron chi connectivity index (χ2n) is 7.77. The normalized spacial score (nSPS) is 16.2. The Bertz CT molecular complexity index is 1290. The first-order valence-corrected chi connectivity index (χ1v) is 10.2. The van der Waals surface area contributed by atoms with E-state index in [1.165, 1.54) is 11.8 Å². The first-order valence-electron chi connectivity index (χ1n) is 10.2. The van der Waals surface area contributed by atoms with Gasteiger partial charge < -0.3 is 10.2 Å². The van der Waals surface area contributed by atoms with E-state index in [0.717, 1.165) is 11.3 Å². The molecule has 31 heavy (non-hydrogen) atoms. The molecule has 156 valence electrons. The number of nitrogens with zero attached hydrogens (tertiary/aromatic N) is 4. The zero-order chi connectivity index (χ0) is 21.4. The summed E-state index contributed by atoms with van der Waals surface area (Å²) in [7, 11) is 0. The molecule has 5 rings (SSSR count). The number of nitrogens with one attached hydrogen (secondary N) is 2. The second-order valence-corrected chi connectivity index (χ2v) is 7.77. The summed E-state index contributed by atoms with van der Waals surface area (Å²) in [6.45, 7) is 3.26. The van der Waals surface area contributed by atoms with Gasteiger partial charge in [-0.15, -0.1) is 0 Å². The van der Waals surface area contributed by atoms with Crippen LogP contribution in [0.1, 0.15) is 17.5 Å². The molecule has 1 atom stereocenters. The lowest BCUT2D eigenvalue weighted by Crippen LogP contribution is -2.34. The van der Waals surface area contributed by atoms with E-state index in [2.05, 4.69) is 20.4 Å². The molecule has 0 spiro atoms. The summed E-state index contributed by atoms with van der Waals surface area (Å²) in [6, 6.07) is 17.2. The van der Waals surface area contributed by atoms with Gasteiger partial charge in [0.1, 0.15) is 11.4 Å². The topological polar surface area (TPSA) is 95.9 Å². The highest BCUT2D eigenvalue weighted by molar-refractivity contribution is 5.86. The number of hydrogen-bond donors (Lipinski definition) is 2. The van der Waals surface area contributed by atoms with Crippen LogP contribution in [0.2, 0.25) is 0 Å². The number of para-hydroxylation sites is 1. The maximum atomic E-state index is 12.9. The van der Waals surface area contributed by atoms with Crippen molar-refractivity contribution in [2.24, 2.45) is 0 Å². The average Bonchev–Trinajstić information content (AvgIpc) is 3.35. The molecular weight excluding hydrogens is 392 g/mol. The molecule has 3 heterocycles. The molecular formula is C23H22N6O2. The minimum absolute atomic E-state index is 0.000104. The molecule has 8 heteroatoms. The smallest absolute Gasteiger partial charge is 0.263 e. The number of hydrogen-bond acceptors (Lipinski definition) is 5. The monoisotopic (exact) mass is 414 g/mol. The van der Waals surface area contributed by atoms with Crippen molar-refractivity contribution in [3.05, 3.63) is 82.3 Å². The predicted molar refractivity (Wildman–Crippen MR) is 118 cm³/mol. The molecule has 0 saturated carbocycles. The number of aryl methyl sites for hydroxylation is 1. The number of aromatic amines is 1. The largest absolute Gasteiger partial charge is 0.344 e. The molecule has 1 aliphatic rings. The fraction of sp³-hybridized carbons (Fsp3) is 0.217. The van der Waals surface area contributed by atoms with Crippen LogP contribution in [0.5, 0.6) is 0 Å². The summed E-state index contributed by atoms with van der Waals surface area (Å²) in [5, 5.41) is 7.82. The number of fused-ring (bicyclic) bond motifs is 1. The standard InChI is InChI=1S/C23H22N6O2/c1-15-7-9-16(10-8-15)14-28-12-11-19(22(28)31)25-23-26-20-18(21(30)27-23)13-24-29(20)17-5-3-2-4-6-17/h2-10,13,19H,11-12,14H2,1H3,(H2,25,26,27,30). The van der Waals surface area contributed by atoms with Crippen molar-refractivity contribution < 1.29 is 4.79 Å². The lowest BCUT2D eigenvalue weighted by atomic mass is 10.1. The van der Waals surface area contributed by atoms with Crippen LogP contribution in [0.25, 0.3) is 16.7 Å². The van der Waals surface area contributed by atoms with Crippen LogP contribution < -0.4 is 10.9 Å². The Morgan fingerprint density at radius 3 is 2.65 bits per heavy atom. The van der Waals surface area contributed by atoms with E-state index < -0.39 is 6.04 Å². The first kappa shape index (κ1) is 19.0. The van der Waals surface area contributed by atoms with Gasteiger partial charge in [0.25, 0.3) is 5.56 Å². The zero-order valence-electron chi connectivity index (χ0n) is 17.1. The van der Waals surface area contributed by atoms with Crippen LogP contribution in [0, 0.1) is 6.92 Å². The van der Waals surface area contributed by atoms with Gasteiger partial charge in [-0.3, -0.25) is 14.6 Å². The molecule has 2 aromatic carbocycles. The van der Waals surface area contributed by atoms with E-state index in [0.29, 0.717) is 30.5 Å². The Morgan fingerprint density at radius 1 is 1.10 bits per heavy atom. The molecule has 1 aliphatic heterocycles. The highest BCUT2D eigenvalue weighted by Crippen LogP contribution is 2.19. The highest BCUT2D eigenvalue weighted by atomic mass is 16.2. The zero-order valence-corrected chi connectivity index (χ0v) is 17.1. The van der Waals surface area contributed by atoms with Crippen LogP contribution in [-0.4, -0.2) is 43.1 Å². The first-order chi connectivity index (χ1) is 15.1. The van der Waals surface area contributed by atoms with Gasteiger partial charge in [0, 0.05) is 13.1 Å². The number of amides is 1. The number of carbonyl (C=O) groups excluding carboxylic acids is 1. The molecule has 1 amide bonds. The minimum Gasteiger partial charge on any atom is -0.344 e. The molecule has 0 radical (unpaired) electrons. The van der Waals surface area contributed by atoms with Gasteiger partial charge in [0.05, 0.1) is 11.9 Å². The van der Waals surface area contributed by atoms with Crippen molar-refractivity contribution in [2.45, 2.75) is 25.9 Å². The number of anilines is 1. The molecule has 2 aromatic heterocycles. The van der Waals surface area contributed by atoms with Crippen molar-refractivity contribution >= 4 is 22.9 Å². The third-order valence-corrected chi connectivity index (χ3v) is 5.54. The van der Waals surface area contributed by atoms with Gasteiger partial charge in [-0.1, -0.05) is 48.0 Å². The Morgan fingerprint density at radius 2 is 1.87 bits per heavy atom. The van der Waals surface area contributed by atoms with E-state index >= 15 is 0 Å². The van der Waals surface area contributed by atoms with Crippen LogP contribution in [0.15, 0.2) is 65.6 Å². The van der Waals surface area contributed by atoms with E-state index in [1.807, 2.05) is 66.4 Å². The lowest BCUT2D eigenvalue weighted by Gasteiger charge is -2.17. The van der Waals surface area contributed by atoms with E-state index in [9.17, 15) is 9.59 Å². The average molecular weight is 414 g/mol. The number of likely N-dealkylation sites (tertiary alicyclic amines) is 1. The SMILES string of the molecule is Cc1ccc(CN2CCC(Nc3nc4c(cnn4-c4ccccc4)c(=O)[nH]3)C2=O)cc1. The molecule has 1 saturated heterocycles. The molecule has 1 fully saturated rings. The summed E-state index contributed by atoms with van der Waals surface area (Å²) < 4.78 is 1.62. The van der Waals surface area contributed by atoms with Crippen LogP contribution in [-0.2, 0) is 11.3 Å². The number of carbonyl (C=O) groups is 1. The maximum Gasteiger partial charge on any atom is 0.263 e. The lowest BCUT2D eigenvalue weighted by molar-refractivity contribution is -0.128. The van der Waals surface area contributed by atoms with Crippen molar-refractivity contribution in [2.75, 3.05) is 11.9 Å². The molecule has 0 bridgehead atoms. The minimum atomic E-state index is -0.431. The van der Waals surface area contributed by atoms with Gasteiger partial charge in [-0.05, 0) is 31.0 Å². The predicted octanol–water partition coefficient (Wildman–Crippen LogP) is 2.63. The number of rotatable bonds is 5. The number of H-pyrrole nitrogens is 1. The van der Waals surface area contributed by atoms with Crippen molar-refractivity contribution in [3.63, 3.8) is 0 Å². The molecule has 4 aromatic rings. The molecule has 0 aliphatic carbocycles. The van der Waals surface area contributed by atoms with E-state index in [-0.39, 0.29) is 17.4 Å². The fourth-order valence-electron chi connectivity index (χ4n) is 3.85. The van der Waals surface area contributed by atoms with Crippen LogP contribution >= 0.6 is 0 Å². The van der Waals surface area contributed by atoms with Gasteiger partial charge in [-0.2, -0.15) is 10.1 Å². The summed E-state index contributed by atoms with van der Waals surface area (Å²) in [6.07, 6.45) is 2.15. The highest BCUT2D eigenvalue weighted by Gasteiger charge is 2.32. The van der Waals surface area contributed by atoms with Gasteiger partial charge >= 0.3 is 0 Å². The third-order valence-electron chi connectivity index (χ3n) is 5.54. The molecule has 8 nitrogen and oxygen atoms in total. The van der Waals surface area contributed by atoms with Crippen molar-refractivity contribution in [3.8, 4) is 5.69 Å². The fourth-order valence-corrected chi connectivity index (χ4v) is 3.85. The van der Waals surface area contributed by atoms with Crippen LogP contribution in [0.4, 0.5) is 5.95 Å². The van der Waals surface area contributed by atoms with E-state index in [4.69, 9.17) is 0 Å². The summed E-state index contributed by atoms with van der Waals surface area (Å²) in [5.74, 6) is 0.269. The van der Waals surface area contributed by atoms with Gasteiger partial charge in [0.15, 0.2) is 5.65 Å².